The van der Waals surface area contributed by atoms with Gasteiger partial charge >= 0.3 is 0 Å². The van der Waals surface area contributed by atoms with Crippen molar-refractivity contribution < 1.29 is 8.78 Å². The van der Waals surface area contributed by atoms with Gasteiger partial charge in [0, 0.05) is 12.6 Å². The van der Waals surface area contributed by atoms with Gasteiger partial charge in [0.05, 0.1) is 0 Å². The van der Waals surface area contributed by atoms with Crippen molar-refractivity contribution in [1.82, 2.24) is 5.32 Å². The Balaban J connectivity index is 2.31. The SMILES string of the molecule is CCCCCC(C)NCc1ccc(F)c(F)c1. The van der Waals surface area contributed by atoms with E-state index in [0.29, 0.717) is 12.6 Å². The summed E-state index contributed by atoms with van der Waals surface area (Å²) in [5.41, 5.74) is 0.784. The van der Waals surface area contributed by atoms with E-state index in [4.69, 9.17) is 0 Å². The highest BCUT2D eigenvalue weighted by Crippen LogP contribution is 2.09. The molecule has 0 aliphatic rings. The molecule has 0 bridgehead atoms. The maximum Gasteiger partial charge on any atom is 0.159 e. The van der Waals surface area contributed by atoms with Crippen LogP contribution in [0.2, 0.25) is 0 Å². The highest BCUT2D eigenvalue weighted by molar-refractivity contribution is 5.17. The van der Waals surface area contributed by atoms with Crippen molar-refractivity contribution in [2.45, 2.75) is 52.1 Å². The predicted octanol–water partition coefficient (Wildman–Crippen LogP) is 4.02. The smallest absolute Gasteiger partial charge is 0.159 e. The summed E-state index contributed by atoms with van der Waals surface area (Å²) >= 11 is 0. The Kier molecular flexibility index (Phi) is 6.12. The molecule has 0 spiro atoms. The van der Waals surface area contributed by atoms with Gasteiger partial charge in [0.15, 0.2) is 11.6 Å². The van der Waals surface area contributed by atoms with Crippen molar-refractivity contribution in [1.29, 1.82) is 0 Å². The highest BCUT2D eigenvalue weighted by Gasteiger charge is 2.04. The van der Waals surface area contributed by atoms with Crippen LogP contribution >= 0.6 is 0 Å². The molecule has 3 heteroatoms. The molecule has 0 heterocycles. The van der Waals surface area contributed by atoms with E-state index < -0.39 is 11.6 Å². The van der Waals surface area contributed by atoms with Crippen LogP contribution < -0.4 is 5.32 Å². The number of hydrogen-bond acceptors (Lipinski definition) is 1. The predicted molar refractivity (Wildman–Crippen MR) is 66.8 cm³/mol. The van der Waals surface area contributed by atoms with Gasteiger partial charge in [-0.15, -0.1) is 0 Å². The molecule has 0 amide bonds. The maximum atomic E-state index is 12.9. The summed E-state index contributed by atoms with van der Waals surface area (Å²) in [5.74, 6) is -1.56. The molecular formula is C14H21F2N. The van der Waals surface area contributed by atoms with Gasteiger partial charge in [-0.2, -0.15) is 0 Å². The van der Waals surface area contributed by atoms with E-state index >= 15 is 0 Å². The summed E-state index contributed by atoms with van der Waals surface area (Å²) < 4.78 is 25.7. The zero-order chi connectivity index (χ0) is 12.7. The lowest BCUT2D eigenvalue weighted by Crippen LogP contribution is -2.25. The monoisotopic (exact) mass is 241 g/mol. The zero-order valence-corrected chi connectivity index (χ0v) is 10.6. The lowest BCUT2D eigenvalue weighted by atomic mass is 10.1. The van der Waals surface area contributed by atoms with Crippen LogP contribution in [0.25, 0.3) is 0 Å². The molecule has 17 heavy (non-hydrogen) atoms. The minimum absolute atomic E-state index is 0.412. The standard InChI is InChI=1S/C14H21F2N/c1-3-4-5-6-11(2)17-10-12-7-8-13(15)14(16)9-12/h7-9,11,17H,3-6,10H2,1-2H3. The third kappa shape index (κ3) is 5.26. The Morgan fingerprint density at radius 1 is 1.18 bits per heavy atom. The number of hydrogen-bond donors (Lipinski definition) is 1. The van der Waals surface area contributed by atoms with E-state index in [9.17, 15) is 8.78 Å². The molecule has 0 aliphatic heterocycles. The van der Waals surface area contributed by atoms with Crippen molar-refractivity contribution >= 4 is 0 Å². The average molecular weight is 241 g/mol. The molecule has 1 rings (SSSR count). The molecule has 1 aromatic rings. The van der Waals surface area contributed by atoms with Crippen LogP contribution in [0, 0.1) is 11.6 Å². The van der Waals surface area contributed by atoms with Gasteiger partial charge in [-0.1, -0.05) is 32.3 Å². The minimum atomic E-state index is -0.787. The van der Waals surface area contributed by atoms with Gasteiger partial charge in [0.1, 0.15) is 0 Å². The highest BCUT2D eigenvalue weighted by atomic mass is 19.2. The van der Waals surface area contributed by atoms with Crippen molar-refractivity contribution in [3.63, 3.8) is 0 Å². The molecule has 0 radical (unpaired) electrons. The molecule has 1 aromatic carbocycles. The maximum absolute atomic E-state index is 12.9. The Morgan fingerprint density at radius 2 is 1.94 bits per heavy atom. The first-order valence-electron chi connectivity index (χ1n) is 6.30. The molecule has 0 aromatic heterocycles. The third-order valence-electron chi connectivity index (χ3n) is 2.88. The summed E-state index contributed by atoms with van der Waals surface area (Å²) in [6.07, 6.45) is 4.80. The Morgan fingerprint density at radius 3 is 2.59 bits per heavy atom. The molecule has 1 atom stereocenters. The lowest BCUT2D eigenvalue weighted by molar-refractivity contribution is 0.481. The van der Waals surface area contributed by atoms with E-state index in [2.05, 4.69) is 19.2 Å². The molecular weight excluding hydrogens is 220 g/mol. The van der Waals surface area contributed by atoms with Crippen LogP contribution in [0.1, 0.15) is 45.1 Å². The lowest BCUT2D eigenvalue weighted by Gasteiger charge is -2.13. The number of nitrogens with one attached hydrogen (secondary N) is 1. The van der Waals surface area contributed by atoms with Gasteiger partial charge in [0.25, 0.3) is 0 Å². The van der Waals surface area contributed by atoms with Crippen molar-refractivity contribution in [3.05, 3.63) is 35.4 Å². The molecule has 0 aliphatic carbocycles. The molecule has 1 nitrogen and oxygen atoms in total. The van der Waals surface area contributed by atoms with Crippen molar-refractivity contribution in [3.8, 4) is 0 Å². The summed E-state index contributed by atoms with van der Waals surface area (Å²) in [6.45, 7) is 4.89. The van der Waals surface area contributed by atoms with Gasteiger partial charge in [-0.25, -0.2) is 8.78 Å². The van der Waals surface area contributed by atoms with Gasteiger partial charge in [-0.3, -0.25) is 0 Å². The Bertz CT molecular complexity index is 339. The number of unbranched alkanes of at least 4 members (excludes halogenated alkanes) is 2. The van der Waals surface area contributed by atoms with Gasteiger partial charge < -0.3 is 5.32 Å². The summed E-state index contributed by atoms with van der Waals surface area (Å²) in [4.78, 5) is 0. The normalized spacial score (nSPS) is 12.7. The number of halogens is 2. The molecule has 0 fully saturated rings. The third-order valence-corrected chi connectivity index (χ3v) is 2.88. The quantitative estimate of drug-likeness (QED) is 0.711. The number of rotatable bonds is 7. The van der Waals surface area contributed by atoms with Gasteiger partial charge in [-0.05, 0) is 31.0 Å². The first-order chi connectivity index (χ1) is 8.13. The second kappa shape index (κ2) is 7.38. The van der Waals surface area contributed by atoms with E-state index in [1.165, 1.54) is 31.4 Å². The largest absolute Gasteiger partial charge is 0.310 e. The Labute approximate surface area is 102 Å². The zero-order valence-electron chi connectivity index (χ0n) is 10.6. The minimum Gasteiger partial charge on any atom is -0.310 e. The fourth-order valence-electron chi connectivity index (χ4n) is 1.74. The molecule has 96 valence electrons. The van der Waals surface area contributed by atoms with E-state index in [0.717, 1.165) is 12.0 Å². The first-order valence-corrected chi connectivity index (χ1v) is 6.30. The fraction of sp³-hybridized carbons (Fsp3) is 0.571. The van der Waals surface area contributed by atoms with E-state index in [1.807, 2.05) is 0 Å². The van der Waals surface area contributed by atoms with Crippen molar-refractivity contribution in [2.24, 2.45) is 0 Å². The summed E-state index contributed by atoms with van der Waals surface area (Å²) in [6, 6.07) is 4.45. The second-order valence-corrected chi connectivity index (χ2v) is 4.53. The van der Waals surface area contributed by atoms with Gasteiger partial charge in [0.2, 0.25) is 0 Å². The fourth-order valence-corrected chi connectivity index (χ4v) is 1.74. The van der Waals surface area contributed by atoms with E-state index in [1.54, 1.807) is 6.07 Å². The molecule has 0 saturated carbocycles. The van der Waals surface area contributed by atoms with E-state index in [-0.39, 0.29) is 0 Å². The first kappa shape index (κ1) is 14.1. The van der Waals surface area contributed by atoms with Crippen LogP contribution in [-0.4, -0.2) is 6.04 Å². The van der Waals surface area contributed by atoms with Crippen LogP contribution in [0.5, 0.6) is 0 Å². The second-order valence-electron chi connectivity index (χ2n) is 4.53. The van der Waals surface area contributed by atoms with Crippen LogP contribution in [0.3, 0.4) is 0 Å². The summed E-state index contributed by atoms with van der Waals surface area (Å²) in [7, 11) is 0. The van der Waals surface area contributed by atoms with Crippen LogP contribution in [0.4, 0.5) is 8.78 Å². The molecule has 1 unspecified atom stereocenters. The van der Waals surface area contributed by atoms with Crippen LogP contribution in [0.15, 0.2) is 18.2 Å². The Hall–Kier alpha value is -0.960. The average Bonchev–Trinajstić information content (AvgIpc) is 2.31. The number of benzene rings is 1. The van der Waals surface area contributed by atoms with Crippen molar-refractivity contribution in [2.75, 3.05) is 0 Å². The van der Waals surface area contributed by atoms with Crippen LogP contribution in [-0.2, 0) is 6.54 Å². The molecule has 0 saturated heterocycles. The molecule has 1 N–H and O–H groups in total. The summed E-state index contributed by atoms with van der Waals surface area (Å²) in [5, 5.41) is 3.32. The topological polar surface area (TPSA) is 12.0 Å².